The molecule has 0 spiro atoms. The monoisotopic (exact) mass is 316 g/mol. The zero-order chi connectivity index (χ0) is 16.4. The summed E-state index contributed by atoms with van der Waals surface area (Å²) < 4.78 is 7.21. The molecule has 1 atom stereocenters. The first-order valence-electron chi connectivity index (χ1n) is 7.72. The van der Waals surface area contributed by atoms with Crippen molar-refractivity contribution in [2.45, 2.75) is 19.4 Å². The minimum atomic E-state index is -0.821. The van der Waals surface area contributed by atoms with Gasteiger partial charge in [-0.3, -0.25) is 9.59 Å². The van der Waals surface area contributed by atoms with Gasteiger partial charge >= 0.3 is 5.97 Å². The number of carbonyl (C=O) groups excluding carboxylic acids is 1. The van der Waals surface area contributed by atoms with Gasteiger partial charge in [0.2, 0.25) is 5.91 Å². The Labute approximate surface area is 134 Å². The second kappa shape index (κ2) is 6.32. The highest BCUT2D eigenvalue weighted by molar-refractivity contribution is 5.88. The van der Waals surface area contributed by atoms with E-state index < -0.39 is 11.9 Å². The van der Waals surface area contributed by atoms with Crippen molar-refractivity contribution in [3.8, 4) is 5.75 Å². The van der Waals surface area contributed by atoms with E-state index in [1.807, 2.05) is 35.0 Å². The molecule has 0 radical (unpaired) electrons. The summed E-state index contributed by atoms with van der Waals surface area (Å²) in [6.07, 6.45) is 3.25. The summed E-state index contributed by atoms with van der Waals surface area (Å²) >= 11 is 0. The van der Waals surface area contributed by atoms with Crippen molar-refractivity contribution in [2.24, 2.45) is 5.92 Å². The summed E-state index contributed by atoms with van der Waals surface area (Å²) in [4.78, 5) is 25.3. The summed E-state index contributed by atoms with van der Waals surface area (Å²) in [7, 11) is 1.62. The van der Waals surface area contributed by atoms with E-state index in [4.69, 9.17) is 9.84 Å². The molecule has 1 fully saturated rings. The number of aromatic nitrogens is 1. The van der Waals surface area contributed by atoms with Crippen LogP contribution in [-0.4, -0.2) is 46.6 Å². The smallest absolute Gasteiger partial charge is 0.308 e. The van der Waals surface area contributed by atoms with Gasteiger partial charge in [-0.15, -0.1) is 0 Å². The van der Waals surface area contributed by atoms with Crippen LogP contribution in [0.25, 0.3) is 10.9 Å². The number of carboxylic acid groups (broad SMARTS) is 1. The first-order chi connectivity index (χ1) is 11.1. The number of fused-ring (bicyclic) bond motifs is 1. The van der Waals surface area contributed by atoms with Crippen molar-refractivity contribution in [3.63, 3.8) is 0 Å². The van der Waals surface area contributed by atoms with Crippen LogP contribution in [0.5, 0.6) is 5.75 Å². The highest BCUT2D eigenvalue weighted by atomic mass is 16.5. The Morgan fingerprint density at radius 3 is 2.91 bits per heavy atom. The highest BCUT2D eigenvalue weighted by Gasteiger charge is 2.28. The predicted molar refractivity (Wildman–Crippen MR) is 85.4 cm³/mol. The number of piperidine rings is 1. The molecule has 1 unspecified atom stereocenters. The molecule has 1 aliphatic heterocycles. The zero-order valence-corrected chi connectivity index (χ0v) is 13.1. The molecule has 1 aromatic heterocycles. The van der Waals surface area contributed by atoms with Gasteiger partial charge in [0.1, 0.15) is 12.3 Å². The van der Waals surface area contributed by atoms with Crippen molar-refractivity contribution in [3.05, 3.63) is 30.5 Å². The van der Waals surface area contributed by atoms with Gasteiger partial charge in [-0.2, -0.15) is 0 Å². The topological polar surface area (TPSA) is 71.8 Å². The Morgan fingerprint density at radius 1 is 1.35 bits per heavy atom. The molecule has 0 saturated carbocycles. The molecule has 1 amide bonds. The van der Waals surface area contributed by atoms with Crippen molar-refractivity contribution in [1.82, 2.24) is 9.47 Å². The maximum atomic E-state index is 12.5. The lowest BCUT2D eigenvalue weighted by Gasteiger charge is -2.30. The third-order valence-corrected chi connectivity index (χ3v) is 4.42. The van der Waals surface area contributed by atoms with E-state index in [-0.39, 0.29) is 12.5 Å². The maximum absolute atomic E-state index is 12.5. The summed E-state index contributed by atoms with van der Waals surface area (Å²) in [6.45, 7) is 1.14. The lowest BCUT2D eigenvalue weighted by atomic mass is 9.98. The predicted octanol–water partition coefficient (Wildman–Crippen LogP) is 1.97. The summed E-state index contributed by atoms with van der Waals surface area (Å²) in [5.74, 6) is -0.540. The maximum Gasteiger partial charge on any atom is 0.308 e. The van der Waals surface area contributed by atoms with E-state index in [1.54, 1.807) is 12.0 Å². The van der Waals surface area contributed by atoms with Crippen LogP contribution in [-0.2, 0) is 16.1 Å². The first-order valence-corrected chi connectivity index (χ1v) is 7.72. The largest absolute Gasteiger partial charge is 0.496 e. The van der Waals surface area contributed by atoms with E-state index in [0.29, 0.717) is 19.5 Å². The number of nitrogens with zero attached hydrogens (tertiary/aromatic N) is 2. The number of ether oxygens (including phenoxy) is 1. The number of likely N-dealkylation sites (tertiary alicyclic amines) is 1. The molecule has 1 aliphatic rings. The molecule has 1 aromatic carbocycles. The Balaban J connectivity index is 1.77. The molecule has 6 nitrogen and oxygen atoms in total. The molecule has 23 heavy (non-hydrogen) atoms. The average molecular weight is 316 g/mol. The van der Waals surface area contributed by atoms with Crippen molar-refractivity contribution < 1.29 is 19.4 Å². The highest BCUT2D eigenvalue weighted by Crippen LogP contribution is 2.26. The van der Waals surface area contributed by atoms with Gasteiger partial charge in [0.15, 0.2) is 0 Å². The van der Waals surface area contributed by atoms with Gasteiger partial charge in [-0.05, 0) is 31.0 Å². The van der Waals surface area contributed by atoms with E-state index in [0.717, 1.165) is 23.1 Å². The minimum absolute atomic E-state index is 0.0451. The second-order valence-corrected chi connectivity index (χ2v) is 5.85. The Morgan fingerprint density at radius 2 is 2.17 bits per heavy atom. The molecular weight excluding hydrogens is 296 g/mol. The molecule has 0 aliphatic carbocycles. The van der Waals surface area contributed by atoms with Gasteiger partial charge in [0.25, 0.3) is 0 Å². The fraction of sp³-hybridized carbons (Fsp3) is 0.412. The Bertz CT molecular complexity index is 737. The molecule has 2 heterocycles. The Hall–Kier alpha value is -2.50. The lowest BCUT2D eigenvalue weighted by Crippen LogP contribution is -2.43. The van der Waals surface area contributed by atoms with Crippen LogP contribution in [0, 0.1) is 5.92 Å². The van der Waals surface area contributed by atoms with Gasteiger partial charge in [0.05, 0.1) is 18.5 Å². The molecule has 122 valence electrons. The summed E-state index contributed by atoms with van der Waals surface area (Å²) in [5, 5.41) is 10.1. The van der Waals surface area contributed by atoms with Crippen LogP contribution in [0.2, 0.25) is 0 Å². The van der Waals surface area contributed by atoms with Crippen molar-refractivity contribution >= 4 is 22.8 Å². The normalized spacial score (nSPS) is 18.1. The number of benzene rings is 1. The number of carboxylic acids is 1. The molecule has 0 bridgehead atoms. The number of hydrogen-bond acceptors (Lipinski definition) is 3. The standard InChI is InChI=1S/C17H20N2O4/c1-23-15-6-2-5-14-13(15)7-9-18(14)11-16(20)19-8-3-4-12(10-19)17(21)22/h2,5-7,9,12H,3-4,8,10-11H2,1H3,(H,21,22). The van der Waals surface area contributed by atoms with Crippen molar-refractivity contribution in [1.29, 1.82) is 0 Å². The van der Waals surface area contributed by atoms with E-state index in [1.165, 1.54) is 0 Å². The second-order valence-electron chi connectivity index (χ2n) is 5.85. The number of methoxy groups -OCH3 is 1. The van der Waals surface area contributed by atoms with Crippen LogP contribution in [0.4, 0.5) is 0 Å². The number of hydrogen-bond donors (Lipinski definition) is 1. The quantitative estimate of drug-likeness (QED) is 0.936. The minimum Gasteiger partial charge on any atom is -0.496 e. The molecular formula is C17H20N2O4. The number of carbonyl (C=O) groups is 2. The number of aliphatic carboxylic acids is 1. The zero-order valence-electron chi connectivity index (χ0n) is 13.1. The fourth-order valence-corrected chi connectivity index (χ4v) is 3.16. The average Bonchev–Trinajstić information content (AvgIpc) is 2.98. The number of amides is 1. The lowest BCUT2D eigenvalue weighted by molar-refractivity contribution is -0.145. The summed E-state index contributed by atoms with van der Waals surface area (Å²) in [5.41, 5.74) is 0.935. The molecule has 6 heteroatoms. The molecule has 2 aromatic rings. The van der Waals surface area contributed by atoms with Gasteiger partial charge in [-0.1, -0.05) is 6.07 Å². The summed E-state index contributed by atoms with van der Waals surface area (Å²) in [6, 6.07) is 7.65. The third-order valence-electron chi connectivity index (χ3n) is 4.42. The molecule has 3 rings (SSSR count). The van der Waals surface area contributed by atoms with E-state index in [2.05, 4.69) is 0 Å². The fourth-order valence-electron chi connectivity index (χ4n) is 3.16. The van der Waals surface area contributed by atoms with E-state index in [9.17, 15) is 9.59 Å². The van der Waals surface area contributed by atoms with Crippen LogP contribution in [0.1, 0.15) is 12.8 Å². The van der Waals surface area contributed by atoms with Crippen LogP contribution in [0.3, 0.4) is 0 Å². The SMILES string of the molecule is COc1cccc2c1ccn2CC(=O)N1CCCC(C(=O)O)C1. The van der Waals surface area contributed by atoms with Crippen molar-refractivity contribution in [2.75, 3.05) is 20.2 Å². The van der Waals surface area contributed by atoms with E-state index >= 15 is 0 Å². The Kier molecular flexibility index (Phi) is 4.23. The van der Waals surface area contributed by atoms with Gasteiger partial charge < -0.3 is 19.3 Å². The molecule has 1 saturated heterocycles. The van der Waals surface area contributed by atoms with Crippen LogP contribution in [0.15, 0.2) is 30.5 Å². The third kappa shape index (κ3) is 3.02. The van der Waals surface area contributed by atoms with Crippen LogP contribution < -0.4 is 4.74 Å². The van der Waals surface area contributed by atoms with Gasteiger partial charge in [0, 0.05) is 24.7 Å². The molecule has 1 N–H and O–H groups in total. The van der Waals surface area contributed by atoms with Gasteiger partial charge in [-0.25, -0.2) is 0 Å². The first kappa shape index (κ1) is 15.4. The number of rotatable bonds is 4. The van der Waals surface area contributed by atoms with Crippen LogP contribution >= 0.6 is 0 Å².